The van der Waals surface area contributed by atoms with E-state index >= 15 is 0 Å². The van der Waals surface area contributed by atoms with Crippen molar-refractivity contribution in [1.29, 1.82) is 5.26 Å². The van der Waals surface area contributed by atoms with E-state index in [1.165, 1.54) is 12.1 Å². The van der Waals surface area contributed by atoms with Crippen molar-refractivity contribution in [2.45, 2.75) is 32.9 Å². The van der Waals surface area contributed by atoms with Gasteiger partial charge in [0.1, 0.15) is 5.82 Å². The van der Waals surface area contributed by atoms with Crippen molar-refractivity contribution in [2.24, 2.45) is 0 Å². The molecule has 1 aromatic carbocycles. The van der Waals surface area contributed by atoms with Crippen molar-refractivity contribution in [3.8, 4) is 6.07 Å². The first-order valence-electron chi connectivity index (χ1n) is 7.05. The molecule has 0 aromatic heterocycles. The van der Waals surface area contributed by atoms with Crippen LogP contribution in [0.4, 0.5) is 4.39 Å². The lowest BCUT2D eigenvalue weighted by atomic mass is 10.0. The summed E-state index contributed by atoms with van der Waals surface area (Å²) in [5.74, 6) is -0.327. The van der Waals surface area contributed by atoms with Gasteiger partial charge in [0.15, 0.2) is 0 Å². The van der Waals surface area contributed by atoms with Gasteiger partial charge in [0.25, 0.3) is 0 Å². The summed E-state index contributed by atoms with van der Waals surface area (Å²) in [6.45, 7) is 11.4. The molecule has 0 aliphatic carbocycles. The second-order valence-electron chi connectivity index (χ2n) is 6.39. The van der Waals surface area contributed by atoms with Gasteiger partial charge in [0.2, 0.25) is 0 Å². The average molecular weight is 275 g/mol. The predicted molar refractivity (Wildman–Crippen MR) is 77.7 cm³/mol. The molecule has 1 heterocycles. The Kier molecular flexibility index (Phi) is 4.42. The number of hydrogen-bond acceptors (Lipinski definition) is 3. The molecule has 0 radical (unpaired) electrons. The fourth-order valence-electron chi connectivity index (χ4n) is 2.64. The van der Waals surface area contributed by atoms with Gasteiger partial charge in [0, 0.05) is 38.3 Å². The van der Waals surface area contributed by atoms with Crippen molar-refractivity contribution in [2.75, 3.05) is 26.2 Å². The summed E-state index contributed by atoms with van der Waals surface area (Å²) in [7, 11) is 0. The quantitative estimate of drug-likeness (QED) is 0.831. The van der Waals surface area contributed by atoms with Crippen molar-refractivity contribution in [3.05, 3.63) is 35.1 Å². The molecule has 0 atom stereocenters. The average Bonchev–Trinajstić information content (AvgIpc) is 2.37. The highest BCUT2D eigenvalue weighted by atomic mass is 19.1. The van der Waals surface area contributed by atoms with Gasteiger partial charge < -0.3 is 0 Å². The van der Waals surface area contributed by atoms with Crippen LogP contribution in [0.2, 0.25) is 0 Å². The Labute approximate surface area is 120 Å². The van der Waals surface area contributed by atoms with E-state index in [0.29, 0.717) is 12.1 Å². The summed E-state index contributed by atoms with van der Waals surface area (Å²) >= 11 is 0. The van der Waals surface area contributed by atoms with Crippen molar-refractivity contribution >= 4 is 0 Å². The monoisotopic (exact) mass is 275 g/mol. The van der Waals surface area contributed by atoms with E-state index in [0.717, 1.165) is 31.7 Å². The zero-order valence-electron chi connectivity index (χ0n) is 12.5. The van der Waals surface area contributed by atoms with Crippen LogP contribution in [0.15, 0.2) is 18.2 Å². The normalized spacial score (nSPS) is 17.9. The number of hydrogen-bond donors (Lipinski definition) is 0. The second-order valence-corrected chi connectivity index (χ2v) is 6.39. The summed E-state index contributed by atoms with van der Waals surface area (Å²) in [4.78, 5) is 4.79. The molecule has 1 fully saturated rings. The van der Waals surface area contributed by atoms with Crippen LogP contribution in [0.5, 0.6) is 0 Å². The van der Waals surface area contributed by atoms with E-state index < -0.39 is 0 Å². The molecule has 108 valence electrons. The fourth-order valence-corrected chi connectivity index (χ4v) is 2.64. The molecule has 4 heteroatoms. The molecule has 0 N–H and O–H groups in total. The highest BCUT2D eigenvalue weighted by Crippen LogP contribution is 2.18. The van der Waals surface area contributed by atoms with Gasteiger partial charge in [-0.2, -0.15) is 5.26 Å². The summed E-state index contributed by atoms with van der Waals surface area (Å²) in [6.07, 6.45) is 0. The molecule has 0 unspecified atom stereocenters. The minimum absolute atomic E-state index is 0.207. The lowest BCUT2D eigenvalue weighted by Gasteiger charge is -2.42. The molecule has 1 aliphatic rings. The van der Waals surface area contributed by atoms with Crippen LogP contribution in [-0.4, -0.2) is 41.5 Å². The maximum Gasteiger partial charge on any atom is 0.124 e. The van der Waals surface area contributed by atoms with Crippen LogP contribution in [0.3, 0.4) is 0 Å². The molecule has 0 bridgehead atoms. The zero-order valence-corrected chi connectivity index (χ0v) is 12.5. The lowest BCUT2D eigenvalue weighted by molar-refractivity contribution is 0.0590. The number of rotatable bonds is 2. The second kappa shape index (κ2) is 5.90. The summed E-state index contributed by atoms with van der Waals surface area (Å²) < 4.78 is 13.4. The van der Waals surface area contributed by atoms with Crippen LogP contribution in [0.1, 0.15) is 31.9 Å². The number of nitriles is 1. The SMILES string of the molecule is CC(C)(C)N1CCN(Cc2cc(F)cc(C#N)c2)CC1. The van der Waals surface area contributed by atoms with E-state index in [4.69, 9.17) is 5.26 Å². The number of halogens is 1. The first-order chi connectivity index (χ1) is 9.38. The third kappa shape index (κ3) is 3.78. The molecule has 0 amide bonds. The fraction of sp³-hybridized carbons (Fsp3) is 0.562. The largest absolute Gasteiger partial charge is 0.297 e. The Morgan fingerprint density at radius 1 is 1.15 bits per heavy atom. The molecular formula is C16H22FN3. The first kappa shape index (κ1) is 15.0. The topological polar surface area (TPSA) is 30.3 Å². The lowest BCUT2D eigenvalue weighted by Crippen LogP contribution is -2.53. The van der Waals surface area contributed by atoms with Crippen molar-refractivity contribution in [3.63, 3.8) is 0 Å². The van der Waals surface area contributed by atoms with Crippen LogP contribution in [0, 0.1) is 17.1 Å². The molecule has 20 heavy (non-hydrogen) atoms. The Bertz CT molecular complexity index is 505. The van der Waals surface area contributed by atoms with Crippen molar-refractivity contribution < 1.29 is 4.39 Å². The molecule has 1 aliphatic heterocycles. The predicted octanol–water partition coefficient (Wildman–Crippen LogP) is 2.61. The molecule has 3 nitrogen and oxygen atoms in total. The summed E-state index contributed by atoms with van der Waals surface area (Å²) in [5.41, 5.74) is 1.48. The van der Waals surface area contributed by atoms with Gasteiger partial charge in [-0.3, -0.25) is 9.80 Å². The Morgan fingerprint density at radius 2 is 1.80 bits per heavy atom. The smallest absolute Gasteiger partial charge is 0.124 e. The Balaban J connectivity index is 1.96. The van der Waals surface area contributed by atoms with Crippen molar-refractivity contribution in [1.82, 2.24) is 9.80 Å². The van der Waals surface area contributed by atoms with Crippen LogP contribution in [0.25, 0.3) is 0 Å². The number of benzene rings is 1. The molecule has 1 saturated heterocycles. The number of nitrogens with zero attached hydrogens (tertiary/aromatic N) is 3. The van der Waals surface area contributed by atoms with Crippen LogP contribution < -0.4 is 0 Å². The summed E-state index contributed by atoms with van der Waals surface area (Å²) in [5, 5.41) is 8.88. The minimum atomic E-state index is -0.327. The van der Waals surface area contributed by atoms with Crippen LogP contribution in [-0.2, 0) is 6.54 Å². The van der Waals surface area contributed by atoms with E-state index in [2.05, 4.69) is 30.6 Å². The minimum Gasteiger partial charge on any atom is -0.297 e. The Morgan fingerprint density at radius 3 is 2.35 bits per heavy atom. The third-order valence-corrected chi connectivity index (χ3v) is 3.81. The van der Waals surface area contributed by atoms with Gasteiger partial charge in [-0.15, -0.1) is 0 Å². The zero-order chi connectivity index (χ0) is 14.8. The third-order valence-electron chi connectivity index (χ3n) is 3.81. The highest BCUT2D eigenvalue weighted by molar-refractivity contribution is 5.33. The Hall–Kier alpha value is -1.44. The van der Waals surface area contributed by atoms with E-state index in [1.807, 2.05) is 6.07 Å². The highest BCUT2D eigenvalue weighted by Gasteiger charge is 2.25. The summed E-state index contributed by atoms with van der Waals surface area (Å²) in [6, 6.07) is 6.59. The van der Waals surface area contributed by atoms with Gasteiger partial charge in [-0.05, 0) is 44.5 Å². The standard InChI is InChI=1S/C16H22FN3/c1-16(2,3)20-6-4-19(5-7-20)12-14-8-13(11-18)9-15(17)10-14/h8-10H,4-7,12H2,1-3H3. The molecule has 2 rings (SSSR count). The van der Waals surface area contributed by atoms with E-state index in [1.54, 1.807) is 6.07 Å². The maximum absolute atomic E-state index is 13.4. The van der Waals surface area contributed by atoms with Gasteiger partial charge >= 0.3 is 0 Å². The van der Waals surface area contributed by atoms with E-state index in [9.17, 15) is 4.39 Å². The molecule has 1 aromatic rings. The molecule has 0 saturated carbocycles. The number of piperazine rings is 1. The van der Waals surface area contributed by atoms with Gasteiger partial charge in [0.05, 0.1) is 11.6 Å². The van der Waals surface area contributed by atoms with Gasteiger partial charge in [-0.1, -0.05) is 0 Å². The van der Waals surface area contributed by atoms with E-state index in [-0.39, 0.29) is 11.4 Å². The van der Waals surface area contributed by atoms with Gasteiger partial charge in [-0.25, -0.2) is 4.39 Å². The van der Waals surface area contributed by atoms with Crippen LogP contribution >= 0.6 is 0 Å². The first-order valence-corrected chi connectivity index (χ1v) is 7.05. The maximum atomic E-state index is 13.4. The molecular weight excluding hydrogens is 253 g/mol. The molecule has 0 spiro atoms.